The fourth-order valence-electron chi connectivity index (χ4n) is 3.40. The highest BCUT2D eigenvalue weighted by atomic mass is 19.4. The second kappa shape index (κ2) is 9.30. The Morgan fingerprint density at radius 1 is 1.00 bits per heavy atom. The normalized spacial score (nSPS) is 11.5. The highest BCUT2D eigenvalue weighted by Crippen LogP contribution is 2.36. The van der Waals surface area contributed by atoms with Gasteiger partial charge in [-0.05, 0) is 48.9 Å². The van der Waals surface area contributed by atoms with Crippen LogP contribution in [0.1, 0.15) is 29.0 Å². The number of anilines is 2. The fourth-order valence-corrected chi connectivity index (χ4v) is 3.40. The van der Waals surface area contributed by atoms with Crippen molar-refractivity contribution in [2.75, 3.05) is 10.6 Å². The number of benzene rings is 2. The van der Waals surface area contributed by atoms with Gasteiger partial charge in [-0.15, -0.1) is 0 Å². The van der Waals surface area contributed by atoms with Crippen LogP contribution in [0, 0.1) is 0 Å². The third kappa shape index (κ3) is 5.03. The quantitative estimate of drug-likeness (QED) is 0.398. The molecule has 11 heteroatoms. The topological polar surface area (TPSA) is 106 Å². The van der Waals surface area contributed by atoms with Gasteiger partial charge < -0.3 is 19.5 Å². The van der Waals surface area contributed by atoms with Crippen LogP contribution in [0.2, 0.25) is 0 Å². The molecule has 0 saturated heterocycles. The third-order valence-electron chi connectivity index (χ3n) is 4.96. The number of hydrogen-bond acceptors (Lipinski definition) is 5. The van der Waals surface area contributed by atoms with E-state index < -0.39 is 35.0 Å². The zero-order valence-corrected chi connectivity index (χ0v) is 17.5. The first-order valence-corrected chi connectivity index (χ1v) is 10.2. The van der Waals surface area contributed by atoms with E-state index in [-0.39, 0.29) is 30.8 Å². The number of oxazole rings is 1. The number of hydrogen-bond donors (Lipinski definition) is 2. The maximum absolute atomic E-state index is 13.6. The van der Waals surface area contributed by atoms with Crippen molar-refractivity contribution in [3.05, 3.63) is 82.7 Å². The third-order valence-corrected chi connectivity index (χ3v) is 4.96. The number of carbonyl (C=O) groups excluding carboxylic acids is 2. The van der Waals surface area contributed by atoms with E-state index in [9.17, 15) is 27.6 Å². The predicted molar refractivity (Wildman–Crippen MR) is 116 cm³/mol. The number of rotatable bonds is 7. The minimum absolute atomic E-state index is 0.0598. The van der Waals surface area contributed by atoms with Crippen LogP contribution in [-0.4, -0.2) is 16.4 Å². The van der Waals surface area contributed by atoms with E-state index in [1.165, 1.54) is 29.0 Å². The van der Waals surface area contributed by atoms with Crippen molar-refractivity contribution in [2.24, 2.45) is 0 Å². The number of furan rings is 1. The molecule has 4 rings (SSSR count). The minimum atomic E-state index is -4.78. The lowest BCUT2D eigenvalue weighted by atomic mass is 10.1. The van der Waals surface area contributed by atoms with Gasteiger partial charge in [0, 0.05) is 18.7 Å². The molecule has 0 unspecified atom stereocenters. The van der Waals surface area contributed by atoms with Crippen molar-refractivity contribution in [3.63, 3.8) is 0 Å². The molecule has 2 aromatic heterocycles. The van der Waals surface area contributed by atoms with Gasteiger partial charge in [0.15, 0.2) is 11.3 Å². The van der Waals surface area contributed by atoms with Crippen LogP contribution >= 0.6 is 0 Å². The smallest absolute Gasteiger partial charge is 0.419 e. The summed E-state index contributed by atoms with van der Waals surface area (Å²) in [5, 5.41) is 4.58. The van der Waals surface area contributed by atoms with Gasteiger partial charge in [-0.1, -0.05) is 12.1 Å². The highest BCUT2D eigenvalue weighted by molar-refractivity contribution is 6.02. The Labute approximate surface area is 190 Å². The molecule has 0 saturated carbocycles. The molecule has 2 amide bonds. The van der Waals surface area contributed by atoms with Crippen molar-refractivity contribution < 1.29 is 31.6 Å². The number of carbonyl (C=O) groups is 2. The Hall–Kier alpha value is -4.28. The molecule has 2 heterocycles. The SMILES string of the molecule is O=C(CCCn1c(=O)oc2ccccc21)Nc1ccc(NC(=O)c2ccco2)cc1C(F)(F)F. The zero-order chi connectivity index (χ0) is 24.3. The molecule has 34 heavy (non-hydrogen) atoms. The second-order valence-electron chi connectivity index (χ2n) is 7.33. The summed E-state index contributed by atoms with van der Waals surface area (Å²) in [5.74, 6) is -2.00. The number of para-hydroxylation sites is 2. The van der Waals surface area contributed by atoms with Crippen molar-refractivity contribution in [3.8, 4) is 0 Å². The molecule has 2 aromatic carbocycles. The Morgan fingerprint density at radius 3 is 2.53 bits per heavy atom. The van der Waals surface area contributed by atoms with Crippen LogP contribution in [-0.2, 0) is 17.5 Å². The number of amides is 2. The number of nitrogens with zero attached hydrogens (tertiary/aromatic N) is 1. The van der Waals surface area contributed by atoms with Gasteiger partial charge in [0.25, 0.3) is 5.91 Å². The largest absolute Gasteiger partial charge is 0.459 e. The standard InChI is InChI=1S/C23H18F3N3O5/c24-23(25,26)15-13-14(27-21(31)19-7-4-12-33-19)9-10-16(15)28-20(30)8-3-11-29-17-5-1-2-6-18(17)34-22(29)32/h1-2,4-7,9-10,12-13H,3,8,11H2,(H,27,31)(H,28,30). The molecule has 8 nitrogen and oxygen atoms in total. The van der Waals surface area contributed by atoms with Gasteiger partial charge >= 0.3 is 11.9 Å². The minimum Gasteiger partial charge on any atom is -0.459 e. The molecule has 0 spiro atoms. The van der Waals surface area contributed by atoms with E-state index in [0.29, 0.717) is 11.1 Å². The van der Waals surface area contributed by atoms with Crippen LogP contribution in [0.3, 0.4) is 0 Å². The molecule has 0 atom stereocenters. The molecule has 0 radical (unpaired) electrons. The van der Waals surface area contributed by atoms with Crippen molar-refractivity contribution >= 4 is 34.3 Å². The van der Waals surface area contributed by atoms with Crippen LogP contribution in [0.15, 0.2) is 74.5 Å². The molecule has 176 valence electrons. The average molecular weight is 473 g/mol. The van der Waals surface area contributed by atoms with Crippen LogP contribution in [0.25, 0.3) is 11.1 Å². The molecule has 0 fully saturated rings. The van der Waals surface area contributed by atoms with Gasteiger partial charge in [0.1, 0.15) is 0 Å². The summed E-state index contributed by atoms with van der Waals surface area (Å²) in [6.07, 6.45) is -3.44. The Kier molecular flexibility index (Phi) is 6.26. The average Bonchev–Trinajstić information content (AvgIpc) is 3.42. The zero-order valence-electron chi connectivity index (χ0n) is 17.5. The number of aryl methyl sites for hydroxylation is 1. The highest BCUT2D eigenvalue weighted by Gasteiger charge is 2.34. The number of aromatic nitrogens is 1. The summed E-state index contributed by atoms with van der Waals surface area (Å²) < 4.78 is 52.2. The number of halogens is 3. The molecule has 0 aliphatic heterocycles. The first-order chi connectivity index (χ1) is 16.2. The van der Waals surface area contributed by atoms with E-state index in [1.54, 1.807) is 24.3 Å². The van der Waals surface area contributed by atoms with Gasteiger partial charge in [-0.2, -0.15) is 13.2 Å². The Bertz CT molecular complexity index is 1390. The molecule has 0 aliphatic carbocycles. The van der Waals surface area contributed by atoms with Crippen LogP contribution in [0.5, 0.6) is 0 Å². The lowest BCUT2D eigenvalue weighted by Gasteiger charge is -2.15. The molecular weight excluding hydrogens is 455 g/mol. The monoisotopic (exact) mass is 473 g/mol. The van der Waals surface area contributed by atoms with E-state index in [4.69, 9.17) is 8.83 Å². The molecule has 0 aliphatic rings. The Morgan fingerprint density at radius 2 is 1.79 bits per heavy atom. The molecule has 4 aromatic rings. The van der Waals surface area contributed by atoms with E-state index in [1.807, 2.05) is 0 Å². The maximum Gasteiger partial charge on any atom is 0.419 e. The fraction of sp³-hybridized carbons (Fsp3) is 0.174. The van der Waals surface area contributed by atoms with Crippen molar-refractivity contribution in [1.82, 2.24) is 4.57 Å². The van der Waals surface area contributed by atoms with E-state index in [0.717, 1.165) is 12.1 Å². The van der Waals surface area contributed by atoms with Gasteiger partial charge in [-0.25, -0.2) is 4.79 Å². The predicted octanol–water partition coefficient (Wildman–Crippen LogP) is 4.88. The van der Waals surface area contributed by atoms with E-state index in [2.05, 4.69) is 10.6 Å². The van der Waals surface area contributed by atoms with Crippen LogP contribution < -0.4 is 16.4 Å². The lowest BCUT2D eigenvalue weighted by Crippen LogP contribution is -2.19. The summed E-state index contributed by atoms with van der Waals surface area (Å²) in [5.41, 5.74) is -0.696. The molecule has 0 bridgehead atoms. The van der Waals surface area contributed by atoms with Gasteiger partial charge in [0.05, 0.1) is 23.0 Å². The molecular formula is C23H18F3N3O5. The van der Waals surface area contributed by atoms with Gasteiger partial charge in [-0.3, -0.25) is 14.2 Å². The number of fused-ring (bicyclic) bond motifs is 1. The summed E-state index contributed by atoms with van der Waals surface area (Å²) in [4.78, 5) is 36.3. The van der Waals surface area contributed by atoms with Crippen molar-refractivity contribution in [2.45, 2.75) is 25.6 Å². The summed E-state index contributed by atoms with van der Waals surface area (Å²) in [6.45, 7) is 0.160. The lowest BCUT2D eigenvalue weighted by molar-refractivity contribution is -0.136. The van der Waals surface area contributed by atoms with E-state index >= 15 is 0 Å². The first kappa shape index (κ1) is 22.9. The number of alkyl halides is 3. The molecule has 2 N–H and O–H groups in total. The Balaban J connectivity index is 1.42. The van der Waals surface area contributed by atoms with Crippen molar-refractivity contribution in [1.29, 1.82) is 0 Å². The summed E-state index contributed by atoms with van der Waals surface area (Å²) in [7, 11) is 0. The van der Waals surface area contributed by atoms with Crippen LogP contribution in [0.4, 0.5) is 24.5 Å². The summed E-state index contributed by atoms with van der Waals surface area (Å²) in [6, 6.07) is 12.7. The second-order valence-corrected chi connectivity index (χ2v) is 7.33. The van der Waals surface area contributed by atoms with Gasteiger partial charge in [0.2, 0.25) is 5.91 Å². The first-order valence-electron chi connectivity index (χ1n) is 10.2. The summed E-state index contributed by atoms with van der Waals surface area (Å²) >= 11 is 0. The maximum atomic E-state index is 13.6. The number of nitrogens with one attached hydrogen (secondary N) is 2.